The number of nitrogens with one attached hydrogen (secondary N) is 2. The number of carbonyl (C=O) groups excluding carboxylic acids is 2. The Balaban J connectivity index is 2.11. The van der Waals surface area contributed by atoms with Crippen LogP contribution in [0.3, 0.4) is 0 Å². The van der Waals surface area contributed by atoms with Crippen LogP contribution in [0.5, 0.6) is 0 Å². The normalized spacial score (nSPS) is 18.2. The third-order valence-electron chi connectivity index (χ3n) is 3.02. The Bertz CT molecular complexity index is 566. The molecular weight excluding hydrogens is 286 g/mol. The lowest BCUT2D eigenvalue weighted by Gasteiger charge is -2.23. The molecule has 0 spiro atoms. The molecule has 20 heavy (non-hydrogen) atoms. The Kier molecular flexibility index (Phi) is 4.19. The SMILES string of the molecule is O=C1CCC(NC(=O)c2cccc([N+](=O)[O-])c2Cl)CN1. The Hall–Kier alpha value is -2.15. The third-order valence-corrected chi connectivity index (χ3v) is 3.42. The van der Waals surface area contributed by atoms with E-state index in [-0.39, 0.29) is 28.2 Å². The zero-order chi connectivity index (χ0) is 14.7. The van der Waals surface area contributed by atoms with Crippen molar-refractivity contribution < 1.29 is 14.5 Å². The number of hydrogen-bond donors (Lipinski definition) is 2. The van der Waals surface area contributed by atoms with Crippen molar-refractivity contribution in [2.75, 3.05) is 6.54 Å². The number of amides is 2. The summed E-state index contributed by atoms with van der Waals surface area (Å²) < 4.78 is 0. The van der Waals surface area contributed by atoms with Gasteiger partial charge in [0.1, 0.15) is 5.02 Å². The highest BCUT2D eigenvalue weighted by molar-refractivity contribution is 6.35. The van der Waals surface area contributed by atoms with E-state index in [1.54, 1.807) is 0 Å². The first-order valence-corrected chi connectivity index (χ1v) is 6.37. The molecule has 0 radical (unpaired) electrons. The number of nitrogens with zero attached hydrogens (tertiary/aromatic N) is 1. The number of benzene rings is 1. The van der Waals surface area contributed by atoms with Crippen molar-refractivity contribution >= 4 is 29.1 Å². The standard InChI is InChI=1S/C12H12ClN3O4/c13-11-8(2-1-3-9(11)16(19)20)12(18)15-7-4-5-10(17)14-6-7/h1-3,7H,4-6H2,(H,14,17)(H,15,18). The van der Waals surface area contributed by atoms with Crippen molar-refractivity contribution in [2.45, 2.75) is 18.9 Å². The largest absolute Gasteiger partial charge is 0.354 e. The highest BCUT2D eigenvalue weighted by Gasteiger charge is 2.24. The molecule has 0 saturated carbocycles. The molecule has 1 heterocycles. The molecule has 106 valence electrons. The summed E-state index contributed by atoms with van der Waals surface area (Å²) in [6, 6.07) is 3.86. The molecule has 0 bridgehead atoms. The molecular formula is C12H12ClN3O4. The number of nitro benzene ring substituents is 1. The minimum atomic E-state index is -0.639. The topological polar surface area (TPSA) is 101 Å². The van der Waals surface area contributed by atoms with Gasteiger partial charge in [0.05, 0.1) is 10.5 Å². The molecule has 1 unspecified atom stereocenters. The van der Waals surface area contributed by atoms with Crippen molar-refractivity contribution in [1.29, 1.82) is 0 Å². The minimum absolute atomic E-state index is 0.0520. The predicted molar refractivity (Wildman–Crippen MR) is 71.6 cm³/mol. The molecule has 8 heteroatoms. The summed E-state index contributed by atoms with van der Waals surface area (Å²) in [5.41, 5.74) is -0.256. The monoisotopic (exact) mass is 297 g/mol. The molecule has 0 aromatic heterocycles. The van der Waals surface area contributed by atoms with Crippen LogP contribution in [0.25, 0.3) is 0 Å². The maximum Gasteiger partial charge on any atom is 0.288 e. The third kappa shape index (κ3) is 3.05. The number of nitro groups is 1. The molecule has 1 atom stereocenters. The Morgan fingerprint density at radius 2 is 2.25 bits per heavy atom. The molecule has 2 amide bonds. The van der Waals surface area contributed by atoms with E-state index in [1.165, 1.54) is 18.2 Å². The highest BCUT2D eigenvalue weighted by Crippen LogP contribution is 2.27. The summed E-state index contributed by atoms with van der Waals surface area (Å²) in [6.07, 6.45) is 0.873. The molecule has 1 aromatic rings. The fourth-order valence-corrected chi connectivity index (χ4v) is 2.24. The van der Waals surface area contributed by atoms with E-state index in [4.69, 9.17) is 11.6 Å². The van der Waals surface area contributed by atoms with Crippen LogP contribution in [0.1, 0.15) is 23.2 Å². The zero-order valence-corrected chi connectivity index (χ0v) is 11.1. The lowest BCUT2D eigenvalue weighted by molar-refractivity contribution is -0.384. The first-order valence-electron chi connectivity index (χ1n) is 5.99. The molecule has 1 saturated heterocycles. The van der Waals surface area contributed by atoms with Crippen LogP contribution < -0.4 is 10.6 Å². The van der Waals surface area contributed by atoms with Crippen LogP contribution in [0, 0.1) is 10.1 Å². The van der Waals surface area contributed by atoms with E-state index in [1.807, 2.05) is 0 Å². The van der Waals surface area contributed by atoms with E-state index >= 15 is 0 Å². The molecule has 7 nitrogen and oxygen atoms in total. The van der Waals surface area contributed by atoms with E-state index in [0.717, 1.165) is 0 Å². The van der Waals surface area contributed by atoms with Crippen LogP contribution in [0.4, 0.5) is 5.69 Å². The quantitative estimate of drug-likeness (QED) is 0.647. The van der Waals surface area contributed by atoms with Gasteiger partial charge in [-0.3, -0.25) is 19.7 Å². The molecule has 1 fully saturated rings. The Labute approximate surface area is 119 Å². The summed E-state index contributed by atoms with van der Waals surface area (Å²) in [7, 11) is 0. The van der Waals surface area contributed by atoms with Crippen molar-refractivity contribution in [2.24, 2.45) is 0 Å². The maximum absolute atomic E-state index is 12.1. The molecule has 0 aliphatic carbocycles. The van der Waals surface area contributed by atoms with Crippen LogP contribution in [0.2, 0.25) is 5.02 Å². The van der Waals surface area contributed by atoms with Gasteiger partial charge in [-0.2, -0.15) is 0 Å². The zero-order valence-electron chi connectivity index (χ0n) is 10.4. The number of hydrogen-bond acceptors (Lipinski definition) is 4. The first-order chi connectivity index (χ1) is 9.49. The summed E-state index contributed by atoms with van der Waals surface area (Å²) in [5.74, 6) is -0.538. The summed E-state index contributed by atoms with van der Waals surface area (Å²) >= 11 is 5.87. The highest BCUT2D eigenvalue weighted by atomic mass is 35.5. The van der Waals surface area contributed by atoms with Crippen LogP contribution >= 0.6 is 11.6 Å². The molecule has 1 aromatic carbocycles. The lowest BCUT2D eigenvalue weighted by Crippen LogP contribution is -2.47. The number of piperidine rings is 1. The van der Waals surface area contributed by atoms with Gasteiger partial charge in [-0.1, -0.05) is 17.7 Å². The first kappa shape index (κ1) is 14.3. The second-order valence-corrected chi connectivity index (χ2v) is 4.79. The fourth-order valence-electron chi connectivity index (χ4n) is 1.96. The molecule has 2 N–H and O–H groups in total. The van der Waals surface area contributed by atoms with Crippen molar-refractivity contribution in [3.05, 3.63) is 38.9 Å². The average Bonchev–Trinajstić information content (AvgIpc) is 2.41. The van der Waals surface area contributed by atoms with E-state index in [2.05, 4.69) is 10.6 Å². The Morgan fingerprint density at radius 3 is 2.85 bits per heavy atom. The predicted octanol–water partition coefficient (Wildman–Crippen LogP) is 1.26. The molecule has 1 aliphatic heterocycles. The summed E-state index contributed by atoms with van der Waals surface area (Å²) in [5, 5.41) is 15.9. The van der Waals surface area contributed by atoms with Crippen LogP contribution in [0.15, 0.2) is 18.2 Å². The van der Waals surface area contributed by atoms with Gasteiger partial charge < -0.3 is 10.6 Å². The van der Waals surface area contributed by atoms with Crippen LogP contribution in [-0.2, 0) is 4.79 Å². The number of carbonyl (C=O) groups is 2. The van der Waals surface area contributed by atoms with E-state index in [9.17, 15) is 19.7 Å². The second-order valence-electron chi connectivity index (χ2n) is 4.41. The van der Waals surface area contributed by atoms with Gasteiger partial charge in [-0.25, -0.2) is 0 Å². The van der Waals surface area contributed by atoms with Crippen LogP contribution in [-0.4, -0.2) is 29.3 Å². The lowest BCUT2D eigenvalue weighted by atomic mass is 10.1. The van der Waals surface area contributed by atoms with Crippen molar-refractivity contribution in [3.8, 4) is 0 Å². The molecule has 2 rings (SSSR count). The maximum atomic E-state index is 12.1. The van der Waals surface area contributed by atoms with E-state index in [0.29, 0.717) is 19.4 Å². The molecule has 1 aliphatic rings. The van der Waals surface area contributed by atoms with Gasteiger partial charge in [0, 0.05) is 25.1 Å². The summed E-state index contributed by atoms with van der Waals surface area (Å²) in [4.78, 5) is 33.2. The van der Waals surface area contributed by atoms with Gasteiger partial charge in [0.15, 0.2) is 0 Å². The van der Waals surface area contributed by atoms with Gasteiger partial charge >= 0.3 is 0 Å². The van der Waals surface area contributed by atoms with Gasteiger partial charge in [0.2, 0.25) is 5.91 Å². The van der Waals surface area contributed by atoms with Crippen molar-refractivity contribution in [3.63, 3.8) is 0 Å². The number of halogens is 1. The second kappa shape index (κ2) is 5.87. The van der Waals surface area contributed by atoms with Gasteiger partial charge in [-0.15, -0.1) is 0 Å². The summed E-state index contributed by atoms with van der Waals surface area (Å²) in [6.45, 7) is 0.344. The van der Waals surface area contributed by atoms with Gasteiger partial charge in [0.25, 0.3) is 11.6 Å². The smallest absolute Gasteiger partial charge is 0.288 e. The van der Waals surface area contributed by atoms with E-state index < -0.39 is 10.8 Å². The van der Waals surface area contributed by atoms with Crippen molar-refractivity contribution in [1.82, 2.24) is 10.6 Å². The minimum Gasteiger partial charge on any atom is -0.354 e. The average molecular weight is 298 g/mol. The number of rotatable bonds is 3. The Morgan fingerprint density at radius 1 is 1.50 bits per heavy atom. The van der Waals surface area contributed by atoms with Gasteiger partial charge in [-0.05, 0) is 12.5 Å². The fraction of sp³-hybridized carbons (Fsp3) is 0.333.